The van der Waals surface area contributed by atoms with Gasteiger partial charge in [0, 0.05) is 17.9 Å². The van der Waals surface area contributed by atoms with E-state index in [2.05, 4.69) is 22.9 Å². The van der Waals surface area contributed by atoms with Gasteiger partial charge >= 0.3 is 0 Å². The lowest BCUT2D eigenvalue weighted by molar-refractivity contribution is 0.0683. The second kappa shape index (κ2) is 6.57. The van der Waals surface area contributed by atoms with Crippen molar-refractivity contribution in [2.45, 2.75) is 24.6 Å². The molecule has 5 heteroatoms. The van der Waals surface area contributed by atoms with Crippen LogP contribution < -0.4 is 4.74 Å². The Morgan fingerprint density at radius 3 is 2.65 bits per heavy atom. The quantitative estimate of drug-likeness (QED) is 0.786. The van der Waals surface area contributed by atoms with Crippen LogP contribution in [0.15, 0.2) is 18.2 Å². The Morgan fingerprint density at radius 1 is 1.45 bits per heavy atom. The molecule has 0 spiro atoms. The minimum Gasteiger partial charge on any atom is -0.496 e. The highest BCUT2D eigenvalue weighted by Crippen LogP contribution is 2.28. The molecule has 2 rings (SSSR count). The molecule has 1 unspecified atom stereocenters. The molecule has 1 aromatic rings. The predicted molar refractivity (Wildman–Crippen MR) is 80.0 cm³/mol. The summed E-state index contributed by atoms with van der Waals surface area (Å²) >= 11 is 3.59. The number of nitrogens with zero attached hydrogens (tertiary/aromatic N) is 1. The van der Waals surface area contributed by atoms with Crippen LogP contribution in [0.4, 0.5) is 4.39 Å². The van der Waals surface area contributed by atoms with E-state index in [1.807, 2.05) is 0 Å². The molecular formula is C15H19BrFNO2. The Hall–Kier alpha value is -1.10. The van der Waals surface area contributed by atoms with Gasteiger partial charge in [-0.1, -0.05) is 28.9 Å². The van der Waals surface area contributed by atoms with Crippen molar-refractivity contribution in [3.63, 3.8) is 0 Å². The van der Waals surface area contributed by atoms with Gasteiger partial charge in [0.1, 0.15) is 17.1 Å². The third-order valence-corrected chi connectivity index (χ3v) is 4.63. The number of piperidine rings is 1. The first-order valence-corrected chi connectivity index (χ1v) is 7.72. The molecular weight excluding hydrogens is 325 g/mol. The Bertz CT molecular complexity index is 485. The van der Waals surface area contributed by atoms with Crippen molar-refractivity contribution < 1.29 is 13.9 Å². The minimum absolute atomic E-state index is 0.0420. The van der Waals surface area contributed by atoms with Gasteiger partial charge in [0.15, 0.2) is 0 Å². The highest BCUT2D eigenvalue weighted by Gasteiger charge is 2.28. The molecule has 0 saturated carbocycles. The number of alkyl halides is 1. The maximum Gasteiger partial charge on any atom is 0.260 e. The van der Waals surface area contributed by atoms with Crippen molar-refractivity contribution >= 4 is 21.8 Å². The Balaban J connectivity index is 2.13. The van der Waals surface area contributed by atoms with Crippen molar-refractivity contribution in [2.24, 2.45) is 5.92 Å². The van der Waals surface area contributed by atoms with E-state index in [1.165, 1.54) is 13.2 Å². The van der Waals surface area contributed by atoms with Crippen molar-refractivity contribution in [1.82, 2.24) is 4.90 Å². The van der Waals surface area contributed by atoms with Gasteiger partial charge in [-0.15, -0.1) is 0 Å². The van der Waals surface area contributed by atoms with Crippen LogP contribution >= 0.6 is 15.9 Å². The van der Waals surface area contributed by atoms with E-state index < -0.39 is 5.82 Å². The van der Waals surface area contributed by atoms with E-state index in [9.17, 15) is 9.18 Å². The van der Waals surface area contributed by atoms with Gasteiger partial charge in [-0.25, -0.2) is 4.39 Å². The third kappa shape index (κ3) is 3.14. The normalized spacial score (nSPS) is 17.9. The molecule has 3 nitrogen and oxygen atoms in total. The number of likely N-dealkylation sites (tertiary alicyclic amines) is 1. The number of ether oxygens (including phenoxy) is 1. The molecule has 0 radical (unpaired) electrons. The smallest absolute Gasteiger partial charge is 0.260 e. The molecule has 0 N–H and O–H groups in total. The average Bonchev–Trinajstić information content (AvgIpc) is 2.46. The van der Waals surface area contributed by atoms with Crippen LogP contribution in [-0.2, 0) is 0 Å². The first-order valence-electron chi connectivity index (χ1n) is 6.80. The van der Waals surface area contributed by atoms with Gasteiger partial charge in [-0.2, -0.15) is 0 Å². The number of hydrogen-bond acceptors (Lipinski definition) is 2. The molecule has 1 fully saturated rings. The largest absolute Gasteiger partial charge is 0.496 e. The second-order valence-corrected chi connectivity index (χ2v) is 6.57. The number of carbonyl (C=O) groups excluding carboxylic acids is 1. The summed E-state index contributed by atoms with van der Waals surface area (Å²) in [6.07, 6.45) is 1.88. The van der Waals surface area contributed by atoms with E-state index >= 15 is 0 Å². The summed E-state index contributed by atoms with van der Waals surface area (Å²) in [5.74, 6) is 0.0681. The van der Waals surface area contributed by atoms with Crippen LogP contribution in [0.5, 0.6) is 5.75 Å². The number of rotatable bonds is 3. The molecule has 0 aliphatic carbocycles. The van der Waals surface area contributed by atoms with Crippen LogP contribution in [-0.4, -0.2) is 35.8 Å². The van der Waals surface area contributed by atoms with Crippen molar-refractivity contribution in [3.05, 3.63) is 29.6 Å². The molecule has 1 aromatic carbocycles. The monoisotopic (exact) mass is 343 g/mol. The van der Waals surface area contributed by atoms with Crippen LogP contribution in [0.25, 0.3) is 0 Å². The molecule has 1 aliphatic rings. The first-order chi connectivity index (χ1) is 9.54. The van der Waals surface area contributed by atoms with E-state index in [1.54, 1.807) is 17.0 Å². The topological polar surface area (TPSA) is 29.5 Å². The molecule has 110 valence electrons. The fraction of sp³-hybridized carbons (Fsp3) is 0.533. The SMILES string of the molecule is COc1cccc(F)c1C(=O)N1CCC(C(C)Br)CC1. The van der Waals surface area contributed by atoms with Gasteiger partial charge in [0.2, 0.25) is 0 Å². The number of halogens is 2. The fourth-order valence-corrected chi connectivity index (χ4v) is 3.13. The molecule has 20 heavy (non-hydrogen) atoms. The van der Waals surface area contributed by atoms with Crippen LogP contribution in [0.2, 0.25) is 0 Å². The van der Waals surface area contributed by atoms with Gasteiger partial charge in [0.25, 0.3) is 5.91 Å². The number of methoxy groups -OCH3 is 1. The summed E-state index contributed by atoms with van der Waals surface area (Å²) in [5.41, 5.74) is 0.0420. The molecule has 1 saturated heterocycles. The molecule has 0 bridgehead atoms. The van der Waals surface area contributed by atoms with E-state index in [0.717, 1.165) is 12.8 Å². The standard InChI is InChI=1S/C15H19BrFNO2/c1-10(16)11-6-8-18(9-7-11)15(19)14-12(17)4-3-5-13(14)20-2/h3-5,10-11H,6-9H2,1-2H3. The second-order valence-electron chi connectivity index (χ2n) is 5.12. The van der Waals surface area contributed by atoms with E-state index in [0.29, 0.717) is 29.6 Å². The maximum atomic E-state index is 13.9. The summed E-state index contributed by atoms with van der Waals surface area (Å²) in [4.78, 5) is 14.6. The van der Waals surface area contributed by atoms with Crippen LogP contribution in [0.3, 0.4) is 0 Å². The van der Waals surface area contributed by atoms with Crippen molar-refractivity contribution in [3.8, 4) is 5.75 Å². The maximum absolute atomic E-state index is 13.9. The Labute approximate surface area is 127 Å². The summed E-state index contributed by atoms with van der Waals surface area (Å²) in [7, 11) is 1.45. The zero-order chi connectivity index (χ0) is 14.7. The van der Waals surface area contributed by atoms with Crippen LogP contribution in [0.1, 0.15) is 30.1 Å². The summed E-state index contributed by atoms with van der Waals surface area (Å²) in [6, 6.07) is 4.45. The van der Waals surface area contributed by atoms with Gasteiger partial charge in [-0.3, -0.25) is 4.79 Å². The van der Waals surface area contributed by atoms with Crippen molar-refractivity contribution in [1.29, 1.82) is 0 Å². The highest BCUT2D eigenvalue weighted by molar-refractivity contribution is 9.09. The number of carbonyl (C=O) groups is 1. The molecule has 1 heterocycles. The Kier molecular flexibility index (Phi) is 5.02. The zero-order valence-corrected chi connectivity index (χ0v) is 13.3. The van der Waals surface area contributed by atoms with E-state index in [4.69, 9.17) is 4.74 Å². The molecule has 1 amide bonds. The fourth-order valence-electron chi connectivity index (χ4n) is 2.60. The van der Waals surface area contributed by atoms with Crippen molar-refractivity contribution in [2.75, 3.05) is 20.2 Å². The zero-order valence-electron chi connectivity index (χ0n) is 11.7. The predicted octanol–water partition coefficient (Wildman–Crippen LogP) is 3.47. The lowest BCUT2D eigenvalue weighted by Gasteiger charge is -2.33. The van der Waals surface area contributed by atoms with Gasteiger partial charge in [-0.05, 0) is 30.9 Å². The summed E-state index contributed by atoms with van der Waals surface area (Å²) < 4.78 is 19.0. The summed E-state index contributed by atoms with van der Waals surface area (Å²) in [6.45, 7) is 3.45. The summed E-state index contributed by atoms with van der Waals surface area (Å²) in [5, 5.41) is 0. The van der Waals surface area contributed by atoms with Gasteiger partial charge in [0.05, 0.1) is 7.11 Å². The first kappa shape index (κ1) is 15.3. The molecule has 1 atom stereocenters. The van der Waals surface area contributed by atoms with Gasteiger partial charge < -0.3 is 9.64 Å². The molecule has 0 aromatic heterocycles. The third-order valence-electron chi connectivity index (χ3n) is 3.89. The minimum atomic E-state index is -0.523. The number of hydrogen-bond donors (Lipinski definition) is 0. The van der Waals surface area contributed by atoms with Crippen LogP contribution in [0, 0.1) is 11.7 Å². The highest BCUT2D eigenvalue weighted by atomic mass is 79.9. The average molecular weight is 344 g/mol. The molecule has 1 aliphatic heterocycles. The van der Waals surface area contributed by atoms with E-state index in [-0.39, 0.29) is 11.5 Å². The number of amides is 1. The lowest BCUT2D eigenvalue weighted by atomic mass is 9.94. The number of benzene rings is 1. The Morgan fingerprint density at radius 2 is 2.10 bits per heavy atom. The lowest BCUT2D eigenvalue weighted by Crippen LogP contribution is -2.40.